The van der Waals surface area contributed by atoms with Gasteiger partial charge in [-0.25, -0.2) is 18.2 Å². The standard InChI is InChI=1S/C18H15N5O4S2/c1-10-9-28-18(19-10)22-16(24)12-4-2-3-5-13(12)23-29(26,27)11-6-7-14-15(8-11)21-17(25)20-14/h2-9,23H,1H3,(H,19,22,24)(H2,20,21,25). The molecule has 0 aliphatic carbocycles. The number of anilines is 2. The number of hydrogen-bond donors (Lipinski definition) is 4. The van der Waals surface area contributed by atoms with Gasteiger partial charge in [-0.2, -0.15) is 0 Å². The van der Waals surface area contributed by atoms with Crippen molar-refractivity contribution in [1.82, 2.24) is 15.0 Å². The molecule has 0 saturated carbocycles. The topological polar surface area (TPSA) is 137 Å². The van der Waals surface area contributed by atoms with Gasteiger partial charge in [0.1, 0.15) is 0 Å². The molecule has 0 aliphatic heterocycles. The Bertz CT molecular complexity index is 1380. The molecular weight excluding hydrogens is 414 g/mol. The lowest BCUT2D eigenvalue weighted by molar-refractivity contribution is 0.102. The number of thiazole rings is 1. The molecule has 2 aromatic carbocycles. The van der Waals surface area contributed by atoms with E-state index >= 15 is 0 Å². The van der Waals surface area contributed by atoms with Crippen LogP contribution in [-0.2, 0) is 10.0 Å². The first-order chi connectivity index (χ1) is 13.8. The summed E-state index contributed by atoms with van der Waals surface area (Å²) in [5.74, 6) is -0.483. The number of nitrogens with one attached hydrogen (secondary N) is 4. The van der Waals surface area contributed by atoms with Gasteiger partial charge in [0.2, 0.25) is 0 Å². The second kappa shape index (κ2) is 7.18. The Morgan fingerprint density at radius 3 is 2.62 bits per heavy atom. The Balaban J connectivity index is 1.64. The first-order valence-electron chi connectivity index (χ1n) is 8.39. The van der Waals surface area contributed by atoms with E-state index in [0.717, 1.165) is 5.69 Å². The van der Waals surface area contributed by atoms with E-state index < -0.39 is 21.6 Å². The number of carbonyl (C=O) groups is 1. The Labute approximate surface area is 168 Å². The third-order valence-electron chi connectivity index (χ3n) is 4.05. The molecule has 0 bridgehead atoms. The summed E-state index contributed by atoms with van der Waals surface area (Å²) in [6, 6.07) is 10.5. The van der Waals surface area contributed by atoms with Crippen molar-refractivity contribution in [3.05, 3.63) is 69.6 Å². The van der Waals surface area contributed by atoms with Gasteiger partial charge in [0, 0.05) is 5.38 Å². The van der Waals surface area contributed by atoms with Crippen LogP contribution < -0.4 is 15.7 Å². The van der Waals surface area contributed by atoms with Crippen LogP contribution in [0.3, 0.4) is 0 Å². The molecule has 0 aliphatic rings. The first-order valence-corrected chi connectivity index (χ1v) is 10.8. The summed E-state index contributed by atoms with van der Waals surface area (Å²) in [6.07, 6.45) is 0. The van der Waals surface area contributed by atoms with Gasteiger partial charge in [-0.3, -0.25) is 14.8 Å². The molecule has 2 aromatic heterocycles. The number of amides is 1. The quantitative estimate of drug-likeness (QED) is 0.387. The average molecular weight is 429 g/mol. The van der Waals surface area contributed by atoms with Crippen LogP contribution in [0, 0.1) is 6.92 Å². The van der Waals surface area contributed by atoms with Crippen molar-refractivity contribution in [3.63, 3.8) is 0 Å². The van der Waals surface area contributed by atoms with Gasteiger partial charge in [-0.1, -0.05) is 12.1 Å². The zero-order valence-corrected chi connectivity index (χ0v) is 16.6. The number of H-pyrrole nitrogens is 2. The number of rotatable bonds is 5. The molecule has 4 aromatic rings. The molecule has 1 amide bonds. The highest BCUT2D eigenvalue weighted by Gasteiger charge is 2.20. The van der Waals surface area contributed by atoms with Gasteiger partial charge >= 0.3 is 5.69 Å². The second-order valence-electron chi connectivity index (χ2n) is 6.19. The molecule has 0 atom stereocenters. The van der Waals surface area contributed by atoms with Crippen molar-refractivity contribution in [2.75, 3.05) is 10.0 Å². The number of para-hydroxylation sites is 1. The lowest BCUT2D eigenvalue weighted by Gasteiger charge is -2.12. The number of hydrogen-bond acceptors (Lipinski definition) is 6. The van der Waals surface area contributed by atoms with Crippen LogP contribution in [-0.4, -0.2) is 29.3 Å². The SMILES string of the molecule is Cc1csc(NC(=O)c2ccccc2NS(=O)(=O)c2ccc3[nH]c(=O)[nH]c3c2)n1. The number of imidazole rings is 1. The Morgan fingerprint density at radius 2 is 1.86 bits per heavy atom. The molecule has 0 spiro atoms. The van der Waals surface area contributed by atoms with E-state index in [1.165, 1.54) is 41.7 Å². The normalized spacial score (nSPS) is 11.5. The fraction of sp³-hybridized carbons (Fsp3) is 0.0556. The summed E-state index contributed by atoms with van der Waals surface area (Å²) in [4.78, 5) is 33.2. The van der Waals surface area contributed by atoms with Crippen molar-refractivity contribution < 1.29 is 13.2 Å². The third kappa shape index (κ3) is 3.91. The minimum absolute atomic E-state index is 0.0500. The van der Waals surface area contributed by atoms with Gasteiger partial charge in [0.15, 0.2) is 5.13 Å². The van der Waals surface area contributed by atoms with Crippen molar-refractivity contribution in [2.24, 2.45) is 0 Å². The van der Waals surface area contributed by atoms with E-state index in [1.807, 2.05) is 6.92 Å². The smallest absolute Gasteiger partial charge is 0.306 e. The van der Waals surface area contributed by atoms with Gasteiger partial charge in [-0.05, 0) is 37.3 Å². The molecule has 0 unspecified atom stereocenters. The maximum Gasteiger partial charge on any atom is 0.323 e. The summed E-state index contributed by atoms with van der Waals surface area (Å²) in [5, 5.41) is 4.88. The Hall–Kier alpha value is -3.44. The minimum Gasteiger partial charge on any atom is -0.306 e. The van der Waals surface area contributed by atoms with Crippen molar-refractivity contribution >= 4 is 49.1 Å². The number of benzene rings is 2. The van der Waals surface area contributed by atoms with Gasteiger partial charge in [0.25, 0.3) is 15.9 Å². The lowest BCUT2D eigenvalue weighted by Crippen LogP contribution is -2.18. The predicted octanol–water partition coefficient (Wildman–Crippen LogP) is 2.67. The summed E-state index contributed by atoms with van der Waals surface area (Å²) in [6.45, 7) is 1.81. The maximum atomic E-state index is 12.8. The van der Waals surface area contributed by atoms with Crippen LogP contribution >= 0.6 is 11.3 Å². The van der Waals surface area contributed by atoms with Crippen LogP contribution in [0.2, 0.25) is 0 Å². The fourth-order valence-electron chi connectivity index (χ4n) is 2.73. The lowest BCUT2D eigenvalue weighted by atomic mass is 10.2. The molecule has 2 heterocycles. The fourth-order valence-corrected chi connectivity index (χ4v) is 4.52. The van der Waals surface area contributed by atoms with Crippen molar-refractivity contribution in [2.45, 2.75) is 11.8 Å². The zero-order chi connectivity index (χ0) is 20.6. The number of nitrogens with zero attached hydrogens (tertiary/aromatic N) is 1. The monoisotopic (exact) mass is 429 g/mol. The van der Waals surface area contributed by atoms with E-state index in [9.17, 15) is 18.0 Å². The largest absolute Gasteiger partial charge is 0.323 e. The summed E-state index contributed by atoms with van der Waals surface area (Å²) >= 11 is 1.28. The number of carbonyl (C=O) groups excluding carboxylic acids is 1. The molecule has 4 N–H and O–H groups in total. The van der Waals surface area contributed by atoms with Crippen LogP contribution in [0.1, 0.15) is 16.1 Å². The van der Waals surface area contributed by atoms with Crippen LogP contribution in [0.15, 0.2) is 57.5 Å². The van der Waals surface area contributed by atoms with Gasteiger partial charge in [-0.15, -0.1) is 11.3 Å². The highest BCUT2D eigenvalue weighted by atomic mass is 32.2. The average Bonchev–Trinajstić information content (AvgIpc) is 3.25. The van der Waals surface area contributed by atoms with Crippen molar-refractivity contribution in [3.8, 4) is 0 Å². The van der Waals surface area contributed by atoms with Gasteiger partial charge < -0.3 is 9.97 Å². The molecule has 0 radical (unpaired) electrons. The van der Waals surface area contributed by atoms with Gasteiger partial charge in [0.05, 0.1) is 32.9 Å². The molecule has 4 rings (SSSR count). The zero-order valence-electron chi connectivity index (χ0n) is 15.0. The number of aryl methyl sites for hydroxylation is 1. The van der Waals surface area contributed by atoms with E-state index in [4.69, 9.17) is 0 Å². The van der Waals surface area contributed by atoms with Crippen LogP contribution in [0.4, 0.5) is 10.8 Å². The molecule has 9 nitrogen and oxygen atoms in total. The number of aromatic amines is 2. The maximum absolute atomic E-state index is 12.8. The van der Waals surface area contributed by atoms with Crippen LogP contribution in [0.25, 0.3) is 11.0 Å². The molecule has 0 saturated heterocycles. The summed E-state index contributed by atoms with van der Waals surface area (Å²) in [7, 11) is -4.00. The summed E-state index contributed by atoms with van der Waals surface area (Å²) in [5.41, 5.74) is 1.48. The number of sulfonamides is 1. The number of fused-ring (bicyclic) bond motifs is 1. The van der Waals surface area contributed by atoms with E-state index in [0.29, 0.717) is 16.2 Å². The molecular formula is C18H15N5O4S2. The minimum atomic E-state index is -4.00. The van der Waals surface area contributed by atoms with E-state index in [-0.39, 0.29) is 16.1 Å². The Morgan fingerprint density at radius 1 is 1.10 bits per heavy atom. The van der Waals surface area contributed by atoms with Crippen molar-refractivity contribution in [1.29, 1.82) is 0 Å². The molecule has 148 valence electrons. The summed E-state index contributed by atoms with van der Waals surface area (Å²) < 4.78 is 28.1. The molecule has 11 heteroatoms. The second-order valence-corrected chi connectivity index (χ2v) is 8.73. The molecule has 0 fully saturated rings. The number of aromatic nitrogens is 3. The Kier molecular flexibility index (Phi) is 4.68. The predicted molar refractivity (Wildman–Crippen MR) is 111 cm³/mol. The van der Waals surface area contributed by atoms with E-state index in [1.54, 1.807) is 17.5 Å². The third-order valence-corrected chi connectivity index (χ3v) is 6.29. The van der Waals surface area contributed by atoms with Crippen LogP contribution in [0.5, 0.6) is 0 Å². The molecule has 29 heavy (non-hydrogen) atoms. The highest BCUT2D eigenvalue weighted by molar-refractivity contribution is 7.92. The van der Waals surface area contributed by atoms with E-state index in [2.05, 4.69) is 25.0 Å². The highest BCUT2D eigenvalue weighted by Crippen LogP contribution is 2.23. The first kappa shape index (κ1) is 18.9.